The minimum atomic E-state index is -0.393. The number of hydrogen-bond donors (Lipinski definition) is 0. The molecule has 1 aliphatic rings. The zero-order valence-corrected chi connectivity index (χ0v) is 8.81. The molecule has 1 saturated heterocycles. The molecule has 1 aliphatic heterocycles. The first-order valence-corrected chi connectivity index (χ1v) is 5.01. The van der Waals surface area contributed by atoms with Crippen LogP contribution in [0.15, 0.2) is 24.3 Å². The molecule has 2 rings (SSSR count). The van der Waals surface area contributed by atoms with E-state index in [2.05, 4.69) is 0 Å². The van der Waals surface area contributed by atoms with Crippen LogP contribution in [0.4, 0.5) is 14.9 Å². The van der Waals surface area contributed by atoms with Crippen LogP contribution < -0.4 is 4.90 Å². The van der Waals surface area contributed by atoms with Crippen molar-refractivity contribution in [2.24, 2.45) is 0 Å². The standard InChI is InChI=1S/C11H11FN2O2/c1-2-13-7-10(15)14(11(13)16)9-5-3-8(12)4-6-9/h3-6H,2,7H2,1H3. The van der Waals surface area contributed by atoms with Gasteiger partial charge < -0.3 is 4.90 Å². The molecule has 0 aliphatic carbocycles. The number of rotatable bonds is 2. The molecular weight excluding hydrogens is 211 g/mol. The van der Waals surface area contributed by atoms with E-state index in [0.717, 1.165) is 4.90 Å². The van der Waals surface area contributed by atoms with Gasteiger partial charge in [0.15, 0.2) is 0 Å². The van der Waals surface area contributed by atoms with Gasteiger partial charge in [-0.15, -0.1) is 0 Å². The van der Waals surface area contributed by atoms with Crippen molar-refractivity contribution in [3.63, 3.8) is 0 Å². The van der Waals surface area contributed by atoms with Gasteiger partial charge in [-0.3, -0.25) is 4.79 Å². The Morgan fingerprint density at radius 1 is 1.25 bits per heavy atom. The van der Waals surface area contributed by atoms with E-state index in [1.165, 1.54) is 29.2 Å². The van der Waals surface area contributed by atoms with Gasteiger partial charge in [0, 0.05) is 6.54 Å². The second kappa shape index (κ2) is 3.92. The van der Waals surface area contributed by atoms with Crippen LogP contribution in [0.25, 0.3) is 0 Å². The maximum atomic E-state index is 12.7. The van der Waals surface area contributed by atoms with Gasteiger partial charge in [0.05, 0.1) is 5.69 Å². The summed E-state index contributed by atoms with van der Waals surface area (Å²) in [4.78, 5) is 25.9. The van der Waals surface area contributed by atoms with E-state index in [0.29, 0.717) is 12.2 Å². The molecule has 0 bridgehead atoms. The van der Waals surface area contributed by atoms with Gasteiger partial charge in [-0.25, -0.2) is 14.1 Å². The molecule has 0 N–H and O–H groups in total. The predicted molar refractivity (Wildman–Crippen MR) is 56.5 cm³/mol. The fraction of sp³-hybridized carbons (Fsp3) is 0.273. The van der Waals surface area contributed by atoms with Crippen LogP contribution >= 0.6 is 0 Å². The second-order valence-electron chi connectivity index (χ2n) is 3.50. The van der Waals surface area contributed by atoms with Crippen LogP contribution in [0.5, 0.6) is 0 Å². The number of nitrogens with zero attached hydrogens (tertiary/aromatic N) is 2. The number of likely N-dealkylation sites (N-methyl/N-ethyl adjacent to an activating group) is 1. The Bertz CT molecular complexity index is 430. The zero-order chi connectivity index (χ0) is 11.7. The highest BCUT2D eigenvalue weighted by molar-refractivity contribution is 6.19. The Hall–Kier alpha value is -1.91. The third kappa shape index (κ3) is 1.64. The number of carbonyl (C=O) groups is 2. The first-order valence-electron chi connectivity index (χ1n) is 5.01. The molecule has 84 valence electrons. The SMILES string of the molecule is CCN1CC(=O)N(c2ccc(F)cc2)C1=O. The Balaban J connectivity index is 2.31. The average molecular weight is 222 g/mol. The summed E-state index contributed by atoms with van der Waals surface area (Å²) < 4.78 is 12.7. The summed E-state index contributed by atoms with van der Waals surface area (Å²) in [6.45, 7) is 2.38. The molecule has 1 fully saturated rings. The van der Waals surface area contributed by atoms with E-state index in [9.17, 15) is 14.0 Å². The molecule has 0 saturated carbocycles. The summed E-state index contributed by atoms with van der Waals surface area (Å²) in [5, 5.41) is 0. The molecule has 0 unspecified atom stereocenters. The van der Waals surface area contributed by atoms with Crippen molar-refractivity contribution < 1.29 is 14.0 Å². The monoisotopic (exact) mass is 222 g/mol. The number of carbonyl (C=O) groups excluding carboxylic acids is 2. The lowest BCUT2D eigenvalue weighted by Gasteiger charge is -2.15. The Labute approximate surface area is 92.3 Å². The number of hydrogen-bond acceptors (Lipinski definition) is 2. The minimum absolute atomic E-state index is 0.0900. The third-order valence-electron chi connectivity index (χ3n) is 2.50. The summed E-state index contributed by atoms with van der Waals surface area (Å²) in [6.07, 6.45) is 0. The second-order valence-corrected chi connectivity index (χ2v) is 3.50. The predicted octanol–water partition coefficient (Wildman–Crippen LogP) is 1.61. The summed E-state index contributed by atoms with van der Waals surface area (Å²) in [7, 11) is 0. The highest BCUT2D eigenvalue weighted by Crippen LogP contribution is 2.21. The molecule has 0 aromatic heterocycles. The summed E-state index contributed by atoms with van der Waals surface area (Å²) in [5.74, 6) is -0.673. The minimum Gasteiger partial charge on any atom is -0.315 e. The van der Waals surface area contributed by atoms with Gasteiger partial charge in [0.25, 0.3) is 5.91 Å². The number of amides is 3. The number of urea groups is 1. The maximum absolute atomic E-state index is 12.7. The lowest BCUT2D eigenvalue weighted by molar-refractivity contribution is -0.116. The molecule has 16 heavy (non-hydrogen) atoms. The van der Waals surface area contributed by atoms with E-state index < -0.39 is 5.82 Å². The zero-order valence-electron chi connectivity index (χ0n) is 8.81. The molecule has 1 heterocycles. The van der Waals surface area contributed by atoms with Crippen LogP contribution in [0.1, 0.15) is 6.92 Å². The molecule has 0 atom stereocenters. The summed E-state index contributed by atoms with van der Waals surface area (Å²) in [6, 6.07) is 4.95. The van der Waals surface area contributed by atoms with E-state index in [-0.39, 0.29) is 18.5 Å². The molecule has 3 amide bonds. The number of halogens is 1. The van der Waals surface area contributed by atoms with Crippen LogP contribution in [0, 0.1) is 5.82 Å². The molecule has 4 nitrogen and oxygen atoms in total. The third-order valence-corrected chi connectivity index (χ3v) is 2.50. The van der Waals surface area contributed by atoms with Crippen LogP contribution in [0.2, 0.25) is 0 Å². The fourth-order valence-corrected chi connectivity index (χ4v) is 1.64. The molecule has 0 spiro atoms. The molecule has 0 radical (unpaired) electrons. The van der Waals surface area contributed by atoms with Crippen molar-refractivity contribution in [3.05, 3.63) is 30.1 Å². The lowest BCUT2D eigenvalue weighted by atomic mass is 10.3. The van der Waals surface area contributed by atoms with E-state index in [4.69, 9.17) is 0 Å². The van der Waals surface area contributed by atoms with E-state index in [1.54, 1.807) is 6.92 Å². The van der Waals surface area contributed by atoms with Gasteiger partial charge in [-0.2, -0.15) is 0 Å². The van der Waals surface area contributed by atoms with Gasteiger partial charge in [0.2, 0.25) is 0 Å². The van der Waals surface area contributed by atoms with Crippen molar-refractivity contribution in [1.82, 2.24) is 4.90 Å². The van der Waals surface area contributed by atoms with Gasteiger partial charge in [0.1, 0.15) is 12.4 Å². The Morgan fingerprint density at radius 2 is 1.88 bits per heavy atom. The smallest absolute Gasteiger partial charge is 0.315 e. The highest BCUT2D eigenvalue weighted by Gasteiger charge is 2.35. The topological polar surface area (TPSA) is 40.6 Å². The van der Waals surface area contributed by atoms with Gasteiger partial charge in [-0.1, -0.05) is 0 Å². The number of imide groups is 1. The molecule has 1 aromatic carbocycles. The van der Waals surface area contributed by atoms with Crippen molar-refractivity contribution in [2.45, 2.75) is 6.92 Å². The Kier molecular flexibility index (Phi) is 2.60. The van der Waals surface area contributed by atoms with Crippen LogP contribution in [-0.2, 0) is 4.79 Å². The molecule has 1 aromatic rings. The quantitative estimate of drug-likeness (QED) is 0.713. The van der Waals surface area contributed by atoms with E-state index >= 15 is 0 Å². The van der Waals surface area contributed by atoms with Crippen molar-refractivity contribution >= 4 is 17.6 Å². The van der Waals surface area contributed by atoms with Crippen molar-refractivity contribution in [2.75, 3.05) is 18.0 Å². The first-order chi connectivity index (χ1) is 7.63. The first kappa shape index (κ1) is 10.6. The van der Waals surface area contributed by atoms with Crippen molar-refractivity contribution in [3.8, 4) is 0 Å². The lowest BCUT2D eigenvalue weighted by Crippen LogP contribution is -2.32. The van der Waals surface area contributed by atoms with Crippen LogP contribution in [0.3, 0.4) is 0 Å². The van der Waals surface area contributed by atoms with Crippen molar-refractivity contribution in [1.29, 1.82) is 0 Å². The van der Waals surface area contributed by atoms with E-state index in [1.807, 2.05) is 0 Å². The van der Waals surface area contributed by atoms with Gasteiger partial charge >= 0.3 is 6.03 Å². The average Bonchev–Trinajstić information content (AvgIpc) is 2.56. The van der Waals surface area contributed by atoms with Gasteiger partial charge in [-0.05, 0) is 31.2 Å². The fourth-order valence-electron chi connectivity index (χ4n) is 1.64. The largest absolute Gasteiger partial charge is 0.331 e. The molecular formula is C11H11FN2O2. The Morgan fingerprint density at radius 3 is 2.38 bits per heavy atom. The summed E-state index contributed by atoms with van der Waals surface area (Å²) in [5.41, 5.74) is 0.410. The van der Waals surface area contributed by atoms with Crippen LogP contribution in [-0.4, -0.2) is 29.9 Å². The highest BCUT2D eigenvalue weighted by atomic mass is 19.1. The maximum Gasteiger partial charge on any atom is 0.331 e. The number of anilines is 1. The molecule has 5 heteroatoms. The normalized spacial score (nSPS) is 16.1. The number of benzene rings is 1. The summed E-state index contributed by atoms with van der Waals surface area (Å²) >= 11 is 0.